The highest BCUT2D eigenvalue weighted by Crippen LogP contribution is 2.29. The maximum absolute atomic E-state index is 11.0. The van der Waals surface area contributed by atoms with Gasteiger partial charge in [-0.3, -0.25) is 9.59 Å². The molecule has 3 heteroatoms. The van der Waals surface area contributed by atoms with Crippen molar-refractivity contribution in [2.75, 3.05) is 0 Å². The highest BCUT2D eigenvalue weighted by Gasteiger charge is 2.28. The molecule has 1 aliphatic rings. The molecule has 0 bridgehead atoms. The van der Waals surface area contributed by atoms with Gasteiger partial charge in [0.2, 0.25) is 0 Å². The number of carbonyl (C=O) groups is 2. The first-order valence-corrected chi connectivity index (χ1v) is 4.34. The fourth-order valence-corrected chi connectivity index (χ4v) is 1.78. The summed E-state index contributed by atoms with van der Waals surface area (Å²) < 4.78 is 0. The minimum atomic E-state index is -0.749. The molecule has 0 unspecified atom stereocenters. The summed E-state index contributed by atoms with van der Waals surface area (Å²) in [6.45, 7) is 1.55. The molecule has 0 aliphatic heterocycles. The van der Waals surface area contributed by atoms with Gasteiger partial charge in [0.15, 0.2) is 0 Å². The van der Waals surface area contributed by atoms with E-state index in [2.05, 4.69) is 0 Å². The second-order valence-electron chi connectivity index (χ2n) is 3.51. The van der Waals surface area contributed by atoms with Crippen molar-refractivity contribution < 1.29 is 14.7 Å². The zero-order valence-electron chi connectivity index (χ0n) is 7.25. The summed E-state index contributed by atoms with van der Waals surface area (Å²) in [5, 5.41) is 8.73. The Balaban J connectivity index is 2.51. The van der Waals surface area contributed by atoms with E-state index in [4.69, 9.17) is 5.11 Å². The van der Waals surface area contributed by atoms with Crippen molar-refractivity contribution in [3.63, 3.8) is 0 Å². The Morgan fingerprint density at radius 3 is 2.33 bits per heavy atom. The lowest BCUT2D eigenvalue weighted by Gasteiger charge is -2.24. The average Bonchev–Trinajstić information content (AvgIpc) is 2.04. The summed E-state index contributed by atoms with van der Waals surface area (Å²) in [4.78, 5) is 21.6. The number of rotatable bonds is 2. The Hall–Kier alpha value is -0.860. The van der Waals surface area contributed by atoms with Gasteiger partial charge in [-0.1, -0.05) is 6.42 Å². The van der Waals surface area contributed by atoms with Crippen LogP contribution < -0.4 is 0 Å². The van der Waals surface area contributed by atoms with E-state index in [1.54, 1.807) is 6.92 Å². The number of carboxylic acid groups (broad SMARTS) is 1. The van der Waals surface area contributed by atoms with Gasteiger partial charge in [0.05, 0.1) is 5.92 Å². The maximum Gasteiger partial charge on any atom is 0.306 e. The fraction of sp³-hybridized carbons (Fsp3) is 0.778. The molecule has 1 rings (SSSR count). The van der Waals surface area contributed by atoms with Gasteiger partial charge in [0, 0.05) is 5.92 Å². The molecule has 0 aromatic carbocycles. The predicted molar refractivity (Wildman–Crippen MR) is 43.8 cm³/mol. The van der Waals surface area contributed by atoms with Gasteiger partial charge in [-0.15, -0.1) is 0 Å². The fourth-order valence-electron chi connectivity index (χ4n) is 1.78. The van der Waals surface area contributed by atoms with Gasteiger partial charge in [-0.05, 0) is 26.2 Å². The van der Waals surface area contributed by atoms with Crippen LogP contribution in [0.3, 0.4) is 0 Å². The second-order valence-corrected chi connectivity index (χ2v) is 3.51. The van der Waals surface area contributed by atoms with Gasteiger partial charge in [0.1, 0.15) is 5.78 Å². The van der Waals surface area contributed by atoms with Crippen LogP contribution in [0.4, 0.5) is 0 Å². The molecule has 0 heterocycles. The average molecular weight is 170 g/mol. The van der Waals surface area contributed by atoms with Crippen LogP contribution in [0.5, 0.6) is 0 Å². The standard InChI is InChI=1S/C9H14O3/c1-6(10)7-3-2-4-8(5-7)9(11)12/h7-8H,2-5H2,1H3,(H,11,12)/t7-,8-/m0/s1. The molecule has 2 atom stereocenters. The van der Waals surface area contributed by atoms with E-state index >= 15 is 0 Å². The normalized spacial score (nSPS) is 29.8. The van der Waals surface area contributed by atoms with Gasteiger partial charge in [0.25, 0.3) is 0 Å². The first kappa shape index (κ1) is 9.23. The SMILES string of the molecule is CC(=O)[C@H]1CCC[C@H](C(=O)O)C1. The molecule has 1 N–H and O–H groups in total. The third-order valence-corrected chi connectivity index (χ3v) is 2.60. The molecule has 68 valence electrons. The van der Waals surface area contributed by atoms with Gasteiger partial charge < -0.3 is 5.11 Å². The summed E-state index contributed by atoms with van der Waals surface area (Å²) >= 11 is 0. The van der Waals surface area contributed by atoms with E-state index in [1.807, 2.05) is 0 Å². The van der Waals surface area contributed by atoms with E-state index < -0.39 is 5.97 Å². The van der Waals surface area contributed by atoms with E-state index in [1.165, 1.54) is 0 Å². The zero-order valence-corrected chi connectivity index (χ0v) is 7.25. The summed E-state index contributed by atoms with van der Waals surface area (Å²) in [6.07, 6.45) is 3.03. The highest BCUT2D eigenvalue weighted by molar-refractivity contribution is 5.79. The number of aliphatic carboxylic acids is 1. The van der Waals surface area contributed by atoms with Crippen LogP contribution in [-0.4, -0.2) is 16.9 Å². The molecule has 0 radical (unpaired) electrons. The Morgan fingerprint density at radius 2 is 1.83 bits per heavy atom. The molecule has 1 fully saturated rings. The molecular weight excluding hydrogens is 156 g/mol. The van der Waals surface area contributed by atoms with Crippen molar-refractivity contribution in [2.45, 2.75) is 32.6 Å². The summed E-state index contributed by atoms with van der Waals surface area (Å²) in [7, 11) is 0. The van der Waals surface area contributed by atoms with Crippen molar-refractivity contribution in [3.05, 3.63) is 0 Å². The van der Waals surface area contributed by atoms with E-state index in [0.717, 1.165) is 19.3 Å². The van der Waals surface area contributed by atoms with Gasteiger partial charge in [-0.25, -0.2) is 0 Å². The molecule has 0 aromatic heterocycles. The summed E-state index contributed by atoms with van der Waals surface area (Å²) in [5.74, 6) is -0.894. The highest BCUT2D eigenvalue weighted by atomic mass is 16.4. The lowest BCUT2D eigenvalue weighted by molar-refractivity contribution is -0.143. The Bertz CT molecular complexity index is 178. The van der Waals surface area contributed by atoms with Crippen LogP contribution in [0.2, 0.25) is 0 Å². The first-order chi connectivity index (χ1) is 5.61. The van der Waals surface area contributed by atoms with Crippen molar-refractivity contribution in [3.8, 4) is 0 Å². The Kier molecular flexibility index (Phi) is 2.84. The molecule has 1 aliphatic carbocycles. The van der Waals surface area contributed by atoms with Crippen LogP contribution >= 0.6 is 0 Å². The lowest BCUT2D eigenvalue weighted by Crippen LogP contribution is -2.25. The van der Waals surface area contributed by atoms with E-state index in [0.29, 0.717) is 6.42 Å². The largest absolute Gasteiger partial charge is 0.481 e. The minimum absolute atomic E-state index is 0.000139. The predicted octanol–water partition coefficient (Wildman–Crippen LogP) is 1.47. The van der Waals surface area contributed by atoms with E-state index in [-0.39, 0.29) is 17.6 Å². The Labute approximate surface area is 71.8 Å². The van der Waals surface area contributed by atoms with Gasteiger partial charge in [-0.2, -0.15) is 0 Å². The van der Waals surface area contributed by atoms with Crippen molar-refractivity contribution >= 4 is 11.8 Å². The number of hydrogen-bond acceptors (Lipinski definition) is 2. The third-order valence-electron chi connectivity index (χ3n) is 2.60. The number of carbonyl (C=O) groups excluding carboxylic acids is 1. The zero-order chi connectivity index (χ0) is 9.14. The minimum Gasteiger partial charge on any atom is -0.481 e. The number of ketones is 1. The lowest BCUT2D eigenvalue weighted by atomic mass is 9.80. The summed E-state index contributed by atoms with van der Waals surface area (Å²) in [6, 6.07) is 0. The molecule has 12 heavy (non-hydrogen) atoms. The molecule has 0 spiro atoms. The Morgan fingerprint density at radius 1 is 1.25 bits per heavy atom. The number of hydrogen-bond donors (Lipinski definition) is 1. The second kappa shape index (κ2) is 3.70. The molecule has 1 saturated carbocycles. The third kappa shape index (κ3) is 2.06. The number of carboxylic acids is 1. The molecule has 0 amide bonds. The quantitative estimate of drug-likeness (QED) is 0.682. The van der Waals surface area contributed by atoms with Crippen LogP contribution in [0.15, 0.2) is 0 Å². The number of Topliss-reactive ketones (excluding diaryl/α,β-unsaturated/α-hetero) is 1. The smallest absolute Gasteiger partial charge is 0.306 e. The van der Waals surface area contributed by atoms with Crippen LogP contribution in [-0.2, 0) is 9.59 Å². The van der Waals surface area contributed by atoms with Crippen LogP contribution in [0.25, 0.3) is 0 Å². The summed E-state index contributed by atoms with van der Waals surface area (Å²) in [5.41, 5.74) is 0. The molecule has 3 nitrogen and oxygen atoms in total. The molecular formula is C9H14O3. The first-order valence-electron chi connectivity index (χ1n) is 4.34. The molecule has 0 saturated heterocycles. The van der Waals surface area contributed by atoms with Crippen molar-refractivity contribution in [1.82, 2.24) is 0 Å². The van der Waals surface area contributed by atoms with Crippen molar-refractivity contribution in [1.29, 1.82) is 0 Å². The van der Waals surface area contributed by atoms with E-state index in [9.17, 15) is 9.59 Å². The van der Waals surface area contributed by atoms with Crippen molar-refractivity contribution in [2.24, 2.45) is 11.8 Å². The van der Waals surface area contributed by atoms with Gasteiger partial charge >= 0.3 is 5.97 Å². The monoisotopic (exact) mass is 170 g/mol. The van der Waals surface area contributed by atoms with Crippen LogP contribution in [0, 0.1) is 11.8 Å². The molecule has 0 aromatic rings. The topological polar surface area (TPSA) is 54.4 Å². The maximum atomic E-state index is 11.0. The van der Waals surface area contributed by atoms with Crippen LogP contribution in [0.1, 0.15) is 32.6 Å².